The zero-order chi connectivity index (χ0) is 61.9. The molecule has 0 aromatic heterocycles. The molecule has 0 aromatic rings. The second-order valence-corrected chi connectivity index (χ2v) is 25.2. The number of nitrogens with zero attached hydrogens (tertiary/aromatic N) is 1. The molecule has 0 aromatic carbocycles. The highest BCUT2D eigenvalue weighted by atomic mass is 16.7. The van der Waals surface area contributed by atoms with Gasteiger partial charge in [0.1, 0.15) is 13.2 Å². The van der Waals surface area contributed by atoms with Gasteiger partial charge in [0.25, 0.3) is 6.29 Å². The SMILES string of the molecule is CC/C=C\C/C=C\C/C=C\C/C=C\C/C=C\C/C=C\C/C=C\CCCC(=O)OC(COC(=O)CCCCCCCCCCCCCCCCCCCCCCCCCCCCCCCCCCCCCCC)COC(OCC[N+](C)(C)C)C(=O)O. The van der Waals surface area contributed by atoms with E-state index in [2.05, 4.69) is 98.9 Å². The van der Waals surface area contributed by atoms with Crippen LogP contribution in [0.5, 0.6) is 0 Å². The summed E-state index contributed by atoms with van der Waals surface area (Å²) >= 11 is 0. The molecule has 0 heterocycles. The van der Waals surface area contributed by atoms with Crippen LogP contribution in [0, 0.1) is 0 Å². The number of rotatable bonds is 66. The lowest BCUT2D eigenvalue weighted by atomic mass is 10.0. The number of hydrogen-bond acceptors (Lipinski definition) is 7. The number of unbranched alkanes of at least 4 members (excludes halogenated alkanes) is 37. The van der Waals surface area contributed by atoms with E-state index in [1.54, 1.807) is 0 Å². The molecule has 0 fully saturated rings. The summed E-state index contributed by atoms with van der Waals surface area (Å²) in [4.78, 5) is 37.6. The highest BCUT2D eigenvalue weighted by molar-refractivity contribution is 5.71. The molecule has 0 aliphatic carbocycles. The summed E-state index contributed by atoms with van der Waals surface area (Å²) in [6.07, 6.45) is 87.4. The van der Waals surface area contributed by atoms with Gasteiger partial charge in [-0.2, -0.15) is 0 Å². The van der Waals surface area contributed by atoms with Crippen LogP contribution in [0.15, 0.2) is 85.1 Å². The van der Waals surface area contributed by atoms with Crippen molar-refractivity contribution in [3.8, 4) is 0 Å². The topological polar surface area (TPSA) is 108 Å². The van der Waals surface area contributed by atoms with E-state index >= 15 is 0 Å². The van der Waals surface area contributed by atoms with E-state index < -0.39 is 24.3 Å². The van der Waals surface area contributed by atoms with Crippen molar-refractivity contribution >= 4 is 17.9 Å². The number of quaternary nitrogens is 1. The Kier molecular flexibility index (Phi) is 63.7. The van der Waals surface area contributed by atoms with Crippen LogP contribution in [-0.2, 0) is 33.3 Å². The lowest BCUT2D eigenvalue weighted by Crippen LogP contribution is -2.40. The number of carbonyl (C=O) groups excluding carboxylic acids is 2. The first-order chi connectivity index (χ1) is 41.6. The van der Waals surface area contributed by atoms with Crippen molar-refractivity contribution < 1.29 is 42.9 Å². The quantitative estimate of drug-likeness (QED) is 0.0211. The summed E-state index contributed by atoms with van der Waals surface area (Å²) in [7, 11) is 5.96. The van der Waals surface area contributed by atoms with Gasteiger partial charge in [0.05, 0.1) is 34.4 Å². The Morgan fingerprint density at radius 2 is 0.671 bits per heavy atom. The van der Waals surface area contributed by atoms with E-state index in [0.717, 1.165) is 70.6 Å². The van der Waals surface area contributed by atoms with Gasteiger partial charge in [0.2, 0.25) is 0 Å². The predicted molar refractivity (Wildman–Crippen MR) is 364 cm³/mol. The number of carboxylic acid groups (broad SMARTS) is 1. The van der Waals surface area contributed by atoms with E-state index in [0.29, 0.717) is 17.4 Å². The smallest absolute Gasteiger partial charge is 0.361 e. The van der Waals surface area contributed by atoms with Gasteiger partial charge in [-0.15, -0.1) is 0 Å². The third-order valence-corrected chi connectivity index (χ3v) is 15.7. The maximum absolute atomic E-state index is 12.9. The molecule has 0 amide bonds. The molecule has 0 saturated carbocycles. The summed E-state index contributed by atoms with van der Waals surface area (Å²) in [5, 5.41) is 9.73. The van der Waals surface area contributed by atoms with Gasteiger partial charge in [-0.25, -0.2) is 4.79 Å². The molecule has 0 saturated heterocycles. The normalized spacial score (nSPS) is 13.2. The van der Waals surface area contributed by atoms with Crippen LogP contribution in [-0.4, -0.2) is 87.4 Å². The average Bonchev–Trinajstić information content (AvgIpc) is 3.49. The summed E-state index contributed by atoms with van der Waals surface area (Å²) in [5.74, 6) is -2.08. The number of carbonyl (C=O) groups is 3. The van der Waals surface area contributed by atoms with E-state index in [9.17, 15) is 19.5 Å². The van der Waals surface area contributed by atoms with Crippen LogP contribution >= 0.6 is 0 Å². The first kappa shape index (κ1) is 81.5. The second kappa shape index (κ2) is 66.4. The summed E-state index contributed by atoms with van der Waals surface area (Å²) in [5.41, 5.74) is 0. The van der Waals surface area contributed by atoms with Gasteiger partial charge in [-0.3, -0.25) is 9.59 Å². The van der Waals surface area contributed by atoms with Crippen LogP contribution in [0.25, 0.3) is 0 Å². The molecular weight excluding hydrogens is 1050 g/mol. The van der Waals surface area contributed by atoms with Crippen molar-refractivity contribution in [2.45, 2.75) is 334 Å². The third kappa shape index (κ3) is 67.8. The van der Waals surface area contributed by atoms with Gasteiger partial charge in [-0.1, -0.05) is 330 Å². The second-order valence-electron chi connectivity index (χ2n) is 25.2. The van der Waals surface area contributed by atoms with Gasteiger partial charge in [0.15, 0.2) is 6.10 Å². The van der Waals surface area contributed by atoms with E-state index in [4.69, 9.17) is 18.9 Å². The number of carboxylic acids is 1. The Balaban J connectivity index is 4.07. The van der Waals surface area contributed by atoms with Gasteiger partial charge in [-0.05, 0) is 64.2 Å². The standard InChI is InChI=1S/C76H135NO8/c1-6-8-10-12-14-16-18-20-22-24-26-28-30-31-32-33-34-35-36-37-38-39-40-41-42-43-45-46-48-50-52-54-56-58-60-62-64-66-73(78)83-70-72(71-84-76(75(80)81)82-69-68-77(3,4)5)85-74(79)67-65-63-61-59-57-55-53-51-49-47-44-29-27-25-23-21-19-17-15-13-11-9-7-2/h9,11,15,17,21,23,27,29,47,49,53,55,59,61,72,76H,6-8,10,12-14,16,18-20,22,24-26,28,30-46,48,50-52,54,56-58,60,62-71H2,1-5H3/p+1/b11-9-,17-15-,23-21-,29-27-,49-47-,55-53-,61-59-. The Hall–Kier alpha value is -3.53. The Morgan fingerprint density at radius 1 is 0.365 bits per heavy atom. The van der Waals surface area contributed by atoms with Crippen molar-refractivity contribution in [1.29, 1.82) is 0 Å². The molecule has 0 spiro atoms. The van der Waals surface area contributed by atoms with E-state index in [1.807, 2.05) is 21.1 Å². The average molecular weight is 1190 g/mol. The monoisotopic (exact) mass is 1190 g/mol. The number of likely N-dealkylation sites (N-methyl/N-ethyl adjacent to an activating group) is 1. The first-order valence-corrected chi connectivity index (χ1v) is 35.8. The van der Waals surface area contributed by atoms with Crippen LogP contribution in [0.1, 0.15) is 322 Å². The lowest BCUT2D eigenvalue weighted by molar-refractivity contribution is -0.870. The number of esters is 2. The molecule has 0 bridgehead atoms. The lowest BCUT2D eigenvalue weighted by Gasteiger charge is -2.25. The fourth-order valence-electron chi connectivity index (χ4n) is 10.2. The fourth-order valence-corrected chi connectivity index (χ4v) is 10.2. The van der Waals surface area contributed by atoms with Crippen molar-refractivity contribution in [3.05, 3.63) is 85.1 Å². The Labute approximate surface area is 525 Å². The molecule has 0 rings (SSSR count). The number of aliphatic carboxylic acids is 1. The number of ether oxygens (including phenoxy) is 4. The molecule has 0 aliphatic rings. The van der Waals surface area contributed by atoms with Gasteiger partial charge < -0.3 is 28.5 Å². The highest BCUT2D eigenvalue weighted by Gasteiger charge is 2.25. The largest absolute Gasteiger partial charge is 0.477 e. The zero-order valence-electron chi connectivity index (χ0n) is 56.3. The van der Waals surface area contributed by atoms with Crippen molar-refractivity contribution in [2.75, 3.05) is 47.5 Å². The molecule has 9 heteroatoms. The molecule has 9 nitrogen and oxygen atoms in total. The molecule has 2 unspecified atom stereocenters. The highest BCUT2D eigenvalue weighted by Crippen LogP contribution is 2.18. The maximum atomic E-state index is 12.9. The molecule has 2 atom stereocenters. The molecule has 85 heavy (non-hydrogen) atoms. The van der Waals surface area contributed by atoms with E-state index in [1.165, 1.54) is 218 Å². The van der Waals surface area contributed by atoms with Crippen molar-refractivity contribution in [2.24, 2.45) is 0 Å². The first-order valence-electron chi connectivity index (χ1n) is 35.8. The van der Waals surface area contributed by atoms with Crippen LogP contribution in [0.4, 0.5) is 0 Å². The third-order valence-electron chi connectivity index (χ3n) is 15.7. The number of allylic oxidation sites excluding steroid dienone is 14. The van der Waals surface area contributed by atoms with Crippen molar-refractivity contribution in [1.82, 2.24) is 0 Å². The summed E-state index contributed by atoms with van der Waals surface area (Å²) in [6, 6.07) is 0. The van der Waals surface area contributed by atoms with Crippen LogP contribution in [0.3, 0.4) is 0 Å². The Bertz CT molecular complexity index is 1670. The molecule has 0 aliphatic heterocycles. The Morgan fingerprint density at radius 3 is 0.988 bits per heavy atom. The minimum atomic E-state index is -1.53. The van der Waals surface area contributed by atoms with Gasteiger partial charge in [0, 0.05) is 12.8 Å². The predicted octanol–water partition coefficient (Wildman–Crippen LogP) is 22.2. The molecule has 492 valence electrons. The zero-order valence-corrected chi connectivity index (χ0v) is 56.3. The number of hydrogen-bond donors (Lipinski definition) is 1. The van der Waals surface area contributed by atoms with Crippen molar-refractivity contribution in [3.63, 3.8) is 0 Å². The fraction of sp³-hybridized carbons (Fsp3) is 0.776. The molecule has 1 N–H and O–H groups in total. The minimum absolute atomic E-state index is 0.174. The van der Waals surface area contributed by atoms with Gasteiger partial charge >= 0.3 is 17.9 Å². The van der Waals surface area contributed by atoms with E-state index in [-0.39, 0.29) is 38.6 Å². The summed E-state index contributed by atoms with van der Waals surface area (Å²) < 4.78 is 22.9. The van der Waals surface area contributed by atoms with Crippen LogP contribution in [0.2, 0.25) is 0 Å². The van der Waals surface area contributed by atoms with Crippen LogP contribution < -0.4 is 0 Å². The summed E-state index contributed by atoms with van der Waals surface area (Å²) in [6.45, 7) is 4.73. The molecular formula is C76H136NO8+. The molecule has 0 radical (unpaired) electrons. The minimum Gasteiger partial charge on any atom is -0.477 e. The maximum Gasteiger partial charge on any atom is 0.361 e.